The SMILES string of the molecule is Cc1cccc2c1N(O)C(=O)C2(C)C. The second-order valence-corrected chi connectivity index (χ2v) is 4.21. The lowest BCUT2D eigenvalue weighted by atomic mass is 9.85. The third-order valence-electron chi connectivity index (χ3n) is 2.85. The minimum absolute atomic E-state index is 0.262. The molecule has 0 saturated carbocycles. The van der Waals surface area contributed by atoms with Crippen molar-refractivity contribution in [2.24, 2.45) is 0 Å². The largest absolute Gasteiger partial charge is 0.281 e. The van der Waals surface area contributed by atoms with Crippen molar-refractivity contribution in [1.82, 2.24) is 0 Å². The molecular weight excluding hydrogens is 178 g/mol. The number of nitrogens with zero attached hydrogens (tertiary/aromatic N) is 1. The Bertz CT molecular complexity index is 410. The molecule has 3 nitrogen and oxygen atoms in total. The van der Waals surface area contributed by atoms with Gasteiger partial charge in [0.2, 0.25) is 0 Å². The molecule has 1 heterocycles. The van der Waals surface area contributed by atoms with Crippen LogP contribution < -0.4 is 5.06 Å². The quantitative estimate of drug-likeness (QED) is 0.637. The van der Waals surface area contributed by atoms with E-state index < -0.39 is 5.41 Å². The van der Waals surface area contributed by atoms with Gasteiger partial charge in [0.25, 0.3) is 5.91 Å². The summed E-state index contributed by atoms with van der Waals surface area (Å²) in [5.41, 5.74) is 1.84. The number of carbonyl (C=O) groups is 1. The molecule has 1 N–H and O–H groups in total. The average Bonchev–Trinajstić information content (AvgIpc) is 2.30. The first-order chi connectivity index (χ1) is 6.46. The van der Waals surface area contributed by atoms with Gasteiger partial charge in [-0.25, -0.2) is 0 Å². The van der Waals surface area contributed by atoms with Crippen LogP contribution >= 0.6 is 0 Å². The van der Waals surface area contributed by atoms with E-state index in [4.69, 9.17) is 0 Å². The Labute approximate surface area is 82.9 Å². The van der Waals surface area contributed by atoms with Gasteiger partial charge in [-0.2, -0.15) is 5.06 Å². The first-order valence-electron chi connectivity index (χ1n) is 4.60. The summed E-state index contributed by atoms with van der Waals surface area (Å²) in [4.78, 5) is 11.7. The predicted octanol–water partition coefficient (Wildman–Crippen LogP) is 2.01. The molecule has 1 amide bonds. The lowest BCUT2D eigenvalue weighted by molar-refractivity contribution is -0.126. The van der Waals surface area contributed by atoms with Crippen LogP contribution in [0.5, 0.6) is 0 Å². The molecule has 2 rings (SSSR count). The Hall–Kier alpha value is -1.35. The van der Waals surface area contributed by atoms with E-state index in [1.54, 1.807) is 0 Å². The second-order valence-electron chi connectivity index (χ2n) is 4.21. The Morgan fingerprint density at radius 1 is 1.36 bits per heavy atom. The van der Waals surface area contributed by atoms with Gasteiger partial charge in [-0.1, -0.05) is 18.2 Å². The third-order valence-corrected chi connectivity index (χ3v) is 2.85. The Morgan fingerprint density at radius 3 is 2.57 bits per heavy atom. The zero-order valence-electron chi connectivity index (χ0n) is 8.53. The number of benzene rings is 1. The fourth-order valence-electron chi connectivity index (χ4n) is 1.93. The molecule has 3 heteroatoms. The number of carbonyl (C=O) groups excluding carboxylic acids is 1. The van der Waals surface area contributed by atoms with Crippen LogP contribution in [-0.2, 0) is 10.2 Å². The highest BCUT2D eigenvalue weighted by molar-refractivity contribution is 6.06. The lowest BCUT2D eigenvalue weighted by Crippen LogP contribution is -2.33. The summed E-state index contributed by atoms with van der Waals surface area (Å²) < 4.78 is 0. The van der Waals surface area contributed by atoms with E-state index in [1.165, 1.54) is 0 Å². The molecule has 0 aliphatic carbocycles. The van der Waals surface area contributed by atoms with Crippen molar-refractivity contribution in [3.63, 3.8) is 0 Å². The van der Waals surface area contributed by atoms with Crippen LogP contribution in [0.2, 0.25) is 0 Å². The highest BCUT2D eigenvalue weighted by Gasteiger charge is 2.44. The molecule has 0 spiro atoms. The van der Waals surface area contributed by atoms with E-state index in [0.717, 1.165) is 16.2 Å². The fraction of sp³-hybridized carbons (Fsp3) is 0.364. The van der Waals surface area contributed by atoms with Gasteiger partial charge in [0.1, 0.15) is 0 Å². The number of anilines is 1. The molecule has 14 heavy (non-hydrogen) atoms. The molecule has 74 valence electrons. The van der Waals surface area contributed by atoms with Crippen LogP contribution in [0.25, 0.3) is 0 Å². The van der Waals surface area contributed by atoms with Gasteiger partial charge < -0.3 is 0 Å². The van der Waals surface area contributed by atoms with Gasteiger partial charge >= 0.3 is 0 Å². The molecule has 0 aromatic heterocycles. The second kappa shape index (κ2) is 2.58. The van der Waals surface area contributed by atoms with Crippen LogP contribution in [0.1, 0.15) is 25.0 Å². The maximum absolute atomic E-state index is 11.7. The van der Waals surface area contributed by atoms with Crippen LogP contribution in [0.3, 0.4) is 0 Å². The number of amides is 1. The summed E-state index contributed by atoms with van der Waals surface area (Å²) in [6.07, 6.45) is 0. The molecule has 0 atom stereocenters. The van der Waals surface area contributed by atoms with Crippen molar-refractivity contribution in [3.8, 4) is 0 Å². The first kappa shape index (κ1) is 9.21. The Balaban J connectivity index is 2.74. The zero-order chi connectivity index (χ0) is 10.5. The summed E-state index contributed by atoms with van der Waals surface area (Å²) in [6.45, 7) is 5.53. The topological polar surface area (TPSA) is 40.5 Å². The standard InChI is InChI=1S/C11H13NO2/c1-7-5-4-6-8-9(7)12(14)10(13)11(8,2)3/h4-6,14H,1-3H3. The summed E-state index contributed by atoms with van der Waals surface area (Å²) in [7, 11) is 0. The number of para-hydroxylation sites is 1. The fourth-order valence-corrected chi connectivity index (χ4v) is 1.93. The van der Waals surface area contributed by atoms with Crippen LogP contribution in [0, 0.1) is 6.92 Å². The smallest absolute Gasteiger partial charge is 0.260 e. The van der Waals surface area contributed by atoms with Crippen molar-refractivity contribution in [2.45, 2.75) is 26.2 Å². The average molecular weight is 191 g/mol. The van der Waals surface area contributed by atoms with Crippen LogP contribution in [0.15, 0.2) is 18.2 Å². The Kier molecular flexibility index (Phi) is 1.70. The summed E-state index contributed by atoms with van der Waals surface area (Å²) in [6, 6.07) is 5.68. The van der Waals surface area contributed by atoms with Crippen molar-refractivity contribution < 1.29 is 10.0 Å². The normalized spacial score (nSPS) is 18.6. The number of hydrogen-bond acceptors (Lipinski definition) is 2. The predicted molar refractivity (Wildman–Crippen MR) is 53.5 cm³/mol. The highest BCUT2D eigenvalue weighted by atomic mass is 16.5. The molecule has 1 aromatic carbocycles. The maximum Gasteiger partial charge on any atom is 0.260 e. The number of hydroxylamine groups is 1. The van der Waals surface area contributed by atoms with E-state index in [1.807, 2.05) is 39.0 Å². The number of hydrogen-bond donors (Lipinski definition) is 1. The van der Waals surface area contributed by atoms with Gasteiger partial charge in [0.05, 0.1) is 11.1 Å². The van der Waals surface area contributed by atoms with Gasteiger partial charge in [-0.3, -0.25) is 10.0 Å². The molecule has 1 aliphatic heterocycles. The van der Waals surface area contributed by atoms with E-state index in [-0.39, 0.29) is 5.91 Å². The van der Waals surface area contributed by atoms with E-state index >= 15 is 0 Å². The van der Waals surface area contributed by atoms with E-state index in [9.17, 15) is 10.0 Å². The van der Waals surface area contributed by atoms with Crippen LogP contribution in [-0.4, -0.2) is 11.1 Å². The summed E-state index contributed by atoms with van der Waals surface area (Å²) >= 11 is 0. The molecule has 0 saturated heterocycles. The number of rotatable bonds is 0. The molecule has 0 bridgehead atoms. The van der Waals surface area contributed by atoms with Crippen LogP contribution in [0.4, 0.5) is 5.69 Å². The van der Waals surface area contributed by atoms with Crippen molar-refractivity contribution in [1.29, 1.82) is 0 Å². The maximum atomic E-state index is 11.7. The molecule has 1 aliphatic rings. The highest BCUT2D eigenvalue weighted by Crippen LogP contribution is 2.42. The van der Waals surface area contributed by atoms with E-state index in [2.05, 4.69) is 0 Å². The third kappa shape index (κ3) is 0.930. The molecule has 1 aromatic rings. The Morgan fingerprint density at radius 2 is 2.00 bits per heavy atom. The summed E-state index contributed by atoms with van der Waals surface area (Å²) in [5, 5.41) is 10.4. The van der Waals surface area contributed by atoms with Crippen molar-refractivity contribution >= 4 is 11.6 Å². The molecular formula is C11H13NO2. The summed E-state index contributed by atoms with van der Waals surface area (Å²) in [5.74, 6) is -0.262. The van der Waals surface area contributed by atoms with Gasteiger partial charge in [-0.05, 0) is 31.9 Å². The van der Waals surface area contributed by atoms with Gasteiger partial charge in [-0.15, -0.1) is 0 Å². The number of fused-ring (bicyclic) bond motifs is 1. The first-order valence-corrected chi connectivity index (χ1v) is 4.60. The van der Waals surface area contributed by atoms with Gasteiger partial charge in [0, 0.05) is 0 Å². The minimum Gasteiger partial charge on any atom is -0.281 e. The molecule has 0 fully saturated rings. The van der Waals surface area contributed by atoms with E-state index in [0.29, 0.717) is 5.69 Å². The zero-order valence-corrected chi connectivity index (χ0v) is 8.53. The number of aryl methyl sites for hydroxylation is 1. The van der Waals surface area contributed by atoms with Crippen molar-refractivity contribution in [3.05, 3.63) is 29.3 Å². The lowest BCUT2D eigenvalue weighted by Gasteiger charge is -2.15. The monoisotopic (exact) mass is 191 g/mol. The van der Waals surface area contributed by atoms with Crippen molar-refractivity contribution in [2.75, 3.05) is 5.06 Å². The van der Waals surface area contributed by atoms with Gasteiger partial charge in [0.15, 0.2) is 0 Å². The molecule has 0 unspecified atom stereocenters. The minimum atomic E-state index is -0.615. The molecule has 0 radical (unpaired) electrons.